The second-order valence-corrected chi connectivity index (χ2v) is 7.43. The average Bonchev–Trinajstić information content (AvgIpc) is 3.25. The first-order valence-corrected chi connectivity index (χ1v) is 9.71. The highest BCUT2D eigenvalue weighted by molar-refractivity contribution is 9.10. The maximum Gasteiger partial charge on any atom is 0.321 e. The summed E-state index contributed by atoms with van der Waals surface area (Å²) in [4.78, 5) is 23.6. The number of amides is 3. The number of halogens is 1. The molecule has 9 heteroatoms. The number of aromatic nitrogens is 2. The maximum absolute atomic E-state index is 11.8. The second kappa shape index (κ2) is 8.48. The molecule has 1 saturated carbocycles. The Bertz CT molecular complexity index is 761. The third-order valence-corrected chi connectivity index (χ3v) is 5.29. The smallest absolute Gasteiger partial charge is 0.321 e. The van der Waals surface area contributed by atoms with Gasteiger partial charge in [-0.05, 0) is 40.9 Å². The molecule has 0 atom stereocenters. The Labute approximate surface area is 157 Å². The van der Waals surface area contributed by atoms with Gasteiger partial charge in [0.05, 0.1) is 11.3 Å². The van der Waals surface area contributed by atoms with E-state index in [1.54, 1.807) is 0 Å². The molecular formula is C16H17BrN4O3S. The zero-order valence-corrected chi connectivity index (χ0v) is 15.7. The number of hydrogen-bond acceptors (Lipinski definition) is 6. The fraction of sp³-hybridized carbons (Fsp3) is 0.375. The first-order valence-electron chi connectivity index (χ1n) is 7.93. The largest absolute Gasteiger partial charge is 0.411 e. The normalized spacial score (nSPS) is 14.4. The lowest BCUT2D eigenvalue weighted by Crippen LogP contribution is -2.44. The van der Waals surface area contributed by atoms with Gasteiger partial charge in [-0.3, -0.25) is 10.1 Å². The summed E-state index contributed by atoms with van der Waals surface area (Å²) in [6.07, 6.45) is 4.17. The number of carbonyl (C=O) groups is 2. The number of nitrogens with one attached hydrogen (secondary N) is 2. The number of nitrogens with zero attached hydrogens (tertiary/aromatic N) is 2. The fourth-order valence-corrected chi connectivity index (χ4v) is 3.61. The van der Waals surface area contributed by atoms with E-state index in [4.69, 9.17) is 4.42 Å². The molecule has 3 rings (SSSR count). The van der Waals surface area contributed by atoms with Crippen LogP contribution < -0.4 is 10.6 Å². The van der Waals surface area contributed by atoms with Crippen molar-refractivity contribution in [3.8, 4) is 11.5 Å². The zero-order chi connectivity index (χ0) is 17.6. The van der Waals surface area contributed by atoms with Crippen LogP contribution in [0.1, 0.15) is 25.7 Å². The number of thioether (sulfide) groups is 1. The molecule has 1 aliphatic rings. The molecular weight excluding hydrogens is 408 g/mol. The number of imide groups is 1. The standard InChI is InChI=1S/C16H17BrN4O3S/c17-12-8-4-3-7-11(12)14-20-21-16(24-14)25-9-13(22)19-15(23)18-10-5-1-2-6-10/h3-4,7-8,10H,1-2,5-6,9H2,(H2,18,19,22,23). The van der Waals surface area contributed by atoms with Crippen LogP contribution in [0.4, 0.5) is 4.79 Å². The molecule has 132 valence electrons. The highest BCUT2D eigenvalue weighted by Gasteiger charge is 2.19. The number of rotatable bonds is 5. The van der Waals surface area contributed by atoms with Gasteiger partial charge in [-0.15, -0.1) is 10.2 Å². The lowest BCUT2D eigenvalue weighted by molar-refractivity contribution is -0.117. The molecule has 1 aromatic heterocycles. The van der Waals surface area contributed by atoms with Crippen LogP contribution in [0.2, 0.25) is 0 Å². The third-order valence-electron chi connectivity index (χ3n) is 3.78. The molecule has 0 spiro atoms. The van der Waals surface area contributed by atoms with E-state index in [-0.39, 0.29) is 17.0 Å². The summed E-state index contributed by atoms with van der Waals surface area (Å²) in [7, 11) is 0. The van der Waals surface area contributed by atoms with Crippen LogP contribution >= 0.6 is 27.7 Å². The Morgan fingerprint density at radius 2 is 2.00 bits per heavy atom. The molecule has 0 radical (unpaired) electrons. The van der Waals surface area contributed by atoms with E-state index in [1.807, 2.05) is 24.3 Å². The van der Waals surface area contributed by atoms with Crippen LogP contribution in [0, 0.1) is 0 Å². The number of benzene rings is 1. The Morgan fingerprint density at radius 3 is 2.76 bits per heavy atom. The maximum atomic E-state index is 11.8. The number of hydrogen-bond donors (Lipinski definition) is 2. The van der Waals surface area contributed by atoms with E-state index in [2.05, 4.69) is 36.8 Å². The third kappa shape index (κ3) is 5.05. The lowest BCUT2D eigenvalue weighted by atomic mass is 10.2. The van der Waals surface area contributed by atoms with Gasteiger partial charge in [0.1, 0.15) is 0 Å². The van der Waals surface area contributed by atoms with E-state index >= 15 is 0 Å². The minimum Gasteiger partial charge on any atom is -0.411 e. The summed E-state index contributed by atoms with van der Waals surface area (Å²) in [6.45, 7) is 0. The summed E-state index contributed by atoms with van der Waals surface area (Å²) < 4.78 is 6.39. The van der Waals surface area contributed by atoms with Crippen molar-refractivity contribution in [2.45, 2.75) is 36.9 Å². The molecule has 1 aromatic carbocycles. The molecule has 25 heavy (non-hydrogen) atoms. The van der Waals surface area contributed by atoms with Gasteiger partial charge in [0.15, 0.2) is 0 Å². The number of carbonyl (C=O) groups excluding carboxylic acids is 2. The van der Waals surface area contributed by atoms with E-state index in [0.717, 1.165) is 47.5 Å². The molecule has 7 nitrogen and oxygen atoms in total. The van der Waals surface area contributed by atoms with Crippen molar-refractivity contribution in [1.29, 1.82) is 0 Å². The van der Waals surface area contributed by atoms with Crippen LogP contribution in [-0.2, 0) is 4.79 Å². The van der Waals surface area contributed by atoms with Crippen LogP contribution in [0.3, 0.4) is 0 Å². The van der Waals surface area contributed by atoms with E-state index < -0.39 is 11.9 Å². The zero-order valence-electron chi connectivity index (χ0n) is 13.3. The Kier molecular flexibility index (Phi) is 6.09. The van der Waals surface area contributed by atoms with Gasteiger partial charge in [0.2, 0.25) is 11.8 Å². The summed E-state index contributed by atoms with van der Waals surface area (Å²) in [5.74, 6) is -0.00845. The molecule has 1 aliphatic carbocycles. The van der Waals surface area contributed by atoms with Crippen LogP contribution in [0.5, 0.6) is 0 Å². The van der Waals surface area contributed by atoms with Crippen molar-refractivity contribution in [3.05, 3.63) is 28.7 Å². The van der Waals surface area contributed by atoms with Crippen molar-refractivity contribution >= 4 is 39.6 Å². The molecule has 0 saturated heterocycles. The predicted molar refractivity (Wildman–Crippen MR) is 97.1 cm³/mol. The van der Waals surface area contributed by atoms with Gasteiger partial charge >= 0.3 is 6.03 Å². The molecule has 1 heterocycles. The Morgan fingerprint density at radius 1 is 1.24 bits per heavy atom. The fourth-order valence-electron chi connectivity index (χ4n) is 2.59. The number of urea groups is 1. The van der Waals surface area contributed by atoms with Gasteiger partial charge in [-0.25, -0.2) is 4.79 Å². The van der Waals surface area contributed by atoms with Gasteiger partial charge in [-0.1, -0.05) is 36.7 Å². The van der Waals surface area contributed by atoms with Crippen molar-refractivity contribution in [2.75, 3.05) is 5.75 Å². The van der Waals surface area contributed by atoms with Gasteiger partial charge in [0.25, 0.3) is 5.22 Å². The van der Waals surface area contributed by atoms with E-state index in [9.17, 15) is 9.59 Å². The first-order chi connectivity index (χ1) is 12.1. The molecule has 1 fully saturated rings. The summed E-state index contributed by atoms with van der Waals surface area (Å²) in [6, 6.07) is 7.21. The first kappa shape index (κ1) is 17.9. The molecule has 0 bridgehead atoms. The van der Waals surface area contributed by atoms with Crippen LogP contribution in [-0.4, -0.2) is 33.9 Å². The van der Waals surface area contributed by atoms with Crippen LogP contribution in [0.25, 0.3) is 11.5 Å². The lowest BCUT2D eigenvalue weighted by Gasteiger charge is -2.11. The van der Waals surface area contributed by atoms with Crippen molar-refractivity contribution in [2.24, 2.45) is 0 Å². The molecule has 0 aliphatic heterocycles. The Balaban J connectivity index is 1.48. The van der Waals surface area contributed by atoms with Crippen molar-refractivity contribution in [3.63, 3.8) is 0 Å². The highest BCUT2D eigenvalue weighted by atomic mass is 79.9. The van der Waals surface area contributed by atoms with E-state index in [0.29, 0.717) is 5.89 Å². The SMILES string of the molecule is O=C(CSc1nnc(-c2ccccc2Br)o1)NC(=O)NC1CCCC1. The second-order valence-electron chi connectivity index (χ2n) is 5.64. The van der Waals surface area contributed by atoms with Gasteiger partial charge in [0, 0.05) is 10.5 Å². The predicted octanol–water partition coefficient (Wildman–Crippen LogP) is 3.36. The molecule has 0 unspecified atom stereocenters. The van der Waals surface area contributed by atoms with E-state index in [1.165, 1.54) is 0 Å². The van der Waals surface area contributed by atoms with Crippen molar-refractivity contribution in [1.82, 2.24) is 20.8 Å². The quantitative estimate of drug-likeness (QED) is 0.714. The molecule has 2 aromatic rings. The highest BCUT2D eigenvalue weighted by Crippen LogP contribution is 2.28. The van der Waals surface area contributed by atoms with Gasteiger partial charge < -0.3 is 9.73 Å². The molecule has 3 amide bonds. The summed E-state index contributed by atoms with van der Waals surface area (Å²) >= 11 is 4.51. The molecule has 2 N–H and O–H groups in total. The van der Waals surface area contributed by atoms with Crippen molar-refractivity contribution < 1.29 is 14.0 Å². The summed E-state index contributed by atoms with van der Waals surface area (Å²) in [5, 5.41) is 13.3. The van der Waals surface area contributed by atoms with Crippen LogP contribution in [0.15, 0.2) is 38.4 Å². The monoisotopic (exact) mass is 424 g/mol. The minimum absolute atomic E-state index is 0.0235. The minimum atomic E-state index is -0.447. The topological polar surface area (TPSA) is 97.1 Å². The Hall–Kier alpha value is -1.87. The summed E-state index contributed by atoms with van der Waals surface area (Å²) in [5.41, 5.74) is 0.780. The van der Waals surface area contributed by atoms with Gasteiger partial charge in [-0.2, -0.15) is 0 Å². The average molecular weight is 425 g/mol.